The number of nitrogens with two attached hydrogens (primary N) is 1. The second-order valence-corrected chi connectivity index (χ2v) is 6.99. The molecule has 148 valence electrons. The summed E-state index contributed by atoms with van der Waals surface area (Å²) in [6.45, 7) is 6.49. The number of H-pyrrole nitrogens is 1. The second-order valence-electron chi connectivity index (χ2n) is 6.99. The van der Waals surface area contributed by atoms with Crippen LogP contribution in [0.25, 0.3) is 0 Å². The van der Waals surface area contributed by atoms with Crippen molar-refractivity contribution >= 4 is 17.4 Å². The Morgan fingerprint density at radius 2 is 2.11 bits per heavy atom. The van der Waals surface area contributed by atoms with Crippen LogP contribution in [-0.2, 0) is 17.9 Å². The molecular weight excluding hydrogens is 348 g/mol. The van der Waals surface area contributed by atoms with E-state index in [0.717, 1.165) is 12.8 Å². The Bertz CT molecular complexity index is 865. The summed E-state index contributed by atoms with van der Waals surface area (Å²) in [6.07, 6.45) is 4.05. The van der Waals surface area contributed by atoms with Gasteiger partial charge in [0.15, 0.2) is 5.69 Å². The highest BCUT2D eigenvalue weighted by Crippen LogP contribution is 2.22. The molecule has 0 saturated heterocycles. The maximum atomic E-state index is 12.9. The average Bonchev–Trinajstić information content (AvgIpc) is 3.11. The molecule has 2 aromatic rings. The fourth-order valence-corrected chi connectivity index (χ4v) is 2.77. The first-order valence-electron chi connectivity index (χ1n) is 9.30. The molecule has 2 aromatic heterocycles. The molecule has 27 heavy (non-hydrogen) atoms. The van der Waals surface area contributed by atoms with Gasteiger partial charge in [0.05, 0.1) is 12.8 Å². The highest BCUT2D eigenvalue weighted by Gasteiger charge is 2.25. The van der Waals surface area contributed by atoms with Gasteiger partial charge in [-0.2, -0.15) is 0 Å². The first-order valence-corrected chi connectivity index (χ1v) is 9.30. The predicted octanol–water partition coefficient (Wildman–Crippen LogP) is 2.48. The number of hydrogen-bond donors (Lipinski definition) is 2. The number of hydrogen-bond acceptors (Lipinski definition) is 5. The molecule has 0 spiro atoms. The largest absolute Gasteiger partial charge is 0.467 e. The highest BCUT2D eigenvalue weighted by molar-refractivity contribution is 5.95. The van der Waals surface area contributed by atoms with E-state index in [1.807, 2.05) is 20.8 Å². The fraction of sp³-hybridized carbons (Fsp3) is 0.526. The molecule has 8 heteroatoms. The van der Waals surface area contributed by atoms with Crippen molar-refractivity contribution in [1.82, 2.24) is 9.55 Å². The van der Waals surface area contributed by atoms with E-state index < -0.39 is 11.2 Å². The molecule has 0 aliphatic carbocycles. The van der Waals surface area contributed by atoms with E-state index >= 15 is 0 Å². The molecule has 0 aliphatic heterocycles. The summed E-state index contributed by atoms with van der Waals surface area (Å²) in [6, 6.07) is 3.43. The number of carbonyl (C=O) groups is 1. The summed E-state index contributed by atoms with van der Waals surface area (Å²) in [4.78, 5) is 41.2. The van der Waals surface area contributed by atoms with E-state index in [1.165, 1.54) is 15.7 Å². The summed E-state index contributed by atoms with van der Waals surface area (Å²) >= 11 is 0. The van der Waals surface area contributed by atoms with Crippen molar-refractivity contribution in [2.24, 2.45) is 5.92 Å². The molecule has 0 unspecified atom stereocenters. The van der Waals surface area contributed by atoms with Crippen molar-refractivity contribution in [1.29, 1.82) is 0 Å². The van der Waals surface area contributed by atoms with Crippen LogP contribution in [0, 0.1) is 5.92 Å². The van der Waals surface area contributed by atoms with E-state index in [2.05, 4.69) is 4.98 Å². The summed E-state index contributed by atoms with van der Waals surface area (Å²) in [5, 5.41) is 0. The molecule has 2 rings (SSSR count). The van der Waals surface area contributed by atoms with E-state index in [0.29, 0.717) is 24.6 Å². The molecule has 0 atom stereocenters. The number of furan rings is 1. The van der Waals surface area contributed by atoms with Gasteiger partial charge in [0, 0.05) is 13.0 Å². The van der Waals surface area contributed by atoms with Crippen LogP contribution in [0.2, 0.25) is 0 Å². The molecule has 1 amide bonds. The van der Waals surface area contributed by atoms with E-state index in [-0.39, 0.29) is 30.4 Å². The predicted molar refractivity (Wildman–Crippen MR) is 105 cm³/mol. The lowest BCUT2D eigenvalue weighted by Gasteiger charge is -2.24. The molecule has 0 bridgehead atoms. The van der Waals surface area contributed by atoms with Crippen LogP contribution in [0.5, 0.6) is 0 Å². The summed E-state index contributed by atoms with van der Waals surface area (Å²) in [7, 11) is 0. The van der Waals surface area contributed by atoms with Crippen molar-refractivity contribution in [3.8, 4) is 0 Å². The van der Waals surface area contributed by atoms with Gasteiger partial charge in [-0.1, -0.05) is 27.2 Å². The third-order valence-electron chi connectivity index (χ3n) is 4.35. The maximum absolute atomic E-state index is 12.9. The fourth-order valence-electron chi connectivity index (χ4n) is 2.77. The van der Waals surface area contributed by atoms with Gasteiger partial charge in [-0.25, -0.2) is 4.79 Å². The monoisotopic (exact) mass is 376 g/mol. The van der Waals surface area contributed by atoms with Crippen LogP contribution in [0.4, 0.5) is 11.5 Å². The third-order valence-corrected chi connectivity index (χ3v) is 4.35. The number of aromatic nitrogens is 2. The van der Waals surface area contributed by atoms with Crippen LogP contribution >= 0.6 is 0 Å². The van der Waals surface area contributed by atoms with Crippen LogP contribution in [-0.4, -0.2) is 15.5 Å². The Kier molecular flexibility index (Phi) is 7.04. The summed E-state index contributed by atoms with van der Waals surface area (Å²) in [5.41, 5.74) is 4.93. The molecular formula is C19H28N4O4. The van der Waals surface area contributed by atoms with Gasteiger partial charge in [-0.3, -0.25) is 24.0 Å². The molecule has 0 aliphatic rings. The van der Waals surface area contributed by atoms with Gasteiger partial charge in [-0.05, 0) is 30.9 Å². The number of nitrogens with one attached hydrogen (secondary N) is 1. The number of unbranched alkanes of at least 4 members (excludes halogenated alkanes) is 1. The van der Waals surface area contributed by atoms with Gasteiger partial charge in [0.25, 0.3) is 5.56 Å². The normalized spacial score (nSPS) is 11.1. The summed E-state index contributed by atoms with van der Waals surface area (Å²) in [5.74, 6) is 0.631. The first kappa shape index (κ1) is 20.5. The SMILES string of the molecule is CCCCn1c(N)c(N(Cc2ccco2)C(=O)CCC(C)C)c(=O)[nH]c1=O. The van der Waals surface area contributed by atoms with Crippen LogP contribution in [0.15, 0.2) is 32.4 Å². The van der Waals surface area contributed by atoms with Crippen molar-refractivity contribution in [3.05, 3.63) is 45.0 Å². The lowest BCUT2D eigenvalue weighted by molar-refractivity contribution is -0.119. The van der Waals surface area contributed by atoms with Gasteiger partial charge in [-0.15, -0.1) is 0 Å². The smallest absolute Gasteiger partial charge is 0.330 e. The lowest BCUT2D eigenvalue weighted by atomic mass is 10.1. The molecule has 0 fully saturated rings. The molecule has 0 radical (unpaired) electrons. The highest BCUT2D eigenvalue weighted by atomic mass is 16.3. The third kappa shape index (κ3) is 5.12. The second kappa shape index (κ2) is 9.25. The van der Waals surface area contributed by atoms with Crippen molar-refractivity contribution in [3.63, 3.8) is 0 Å². The van der Waals surface area contributed by atoms with Crippen LogP contribution in [0.1, 0.15) is 52.2 Å². The number of nitrogens with zero attached hydrogens (tertiary/aromatic N) is 2. The number of amides is 1. The van der Waals surface area contributed by atoms with Crippen molar-refractivity contribution in [2.75, 3.05) is 10.6 Å². The Labute approximate surface area is 158 Å². The zero-order valence-corrected chi connectivity index (χ0v) is 16.2. The average molecular weight is 376 g/mol. The van der Waals surface area contributed by atoms with E-state index in [4.69, 9.17) is 10.2 Å². The molecule has 2 heterocycles. The number of carbonyl (C=O) groups excluding carboxylic acids is 1. The molecule has 3 N–H and O–H groups in total. The Morgan fingerprint density at radius 1 is 1.37 bits per heavy atom. The van der Waals surface area contributed by atoms with Crippen molar-refractivity contribution in [2.45, 2.75) is 59.5 Å². The number of nitrogen functional groups attached to an aromatic ring is 1. The molecule has 0 aromatic carbocycles. The zero-order chi connectivity index (χ0) is 20.0. The quantitative estimate of drug-likeness (QED) is 0.698. The van der Waals surface area contributed by atoms with Crippen LogP contribution < -0.4 is 21.9 Å². The molecule has 0 saturated carbocycles. The van der Waals surface area contributed by atoms with E-state index in [1.54, 1.807) is 12.1 Å². The Balaban J connectivity index is 2.48. The van der Waals surface area contributed by atoms with E-state index in [9.17, 15) is 14.4 Å². The van der Waals surface area contributed by atoms with Crippen LogP contribution in [0.3, 0.4) is 0 Å². The standard InChI is InChI=1S/C19H28N4O4/c1-4-5-10-22-17(20)16(18(25)21-19(22)26)23(12-14-7-6-11-27-14)15(24)9-8-13(2)3/h6-7,11,13H,4-5,8-10,12,20H2,1-3H3,(H,21,25,26). The zero-order valence-electron chi connectivity index (χ0n) is 16.2. The topological polar surface area (TPSA) is 114 Å². The van der Waals surface area contributed by atoms with Gasteiger partial charge in [0.2, 0.25) is 5.91 Å². The molecule has 8 nitrogen and oxygen atoms in total. The number of anilines is 2. The van der Waals surface area contributed by atoms with Crippen molar-refractivity contribution < 1.29 is 9.21 Å². The van der Waals surface area contributed by atoms with Gasteiger partial charge < -0.3 is 10.2 Å². The van der Waals surface area contributed by atoms with Gasteiger partial charge in [0.1, 0.15) is 11.6 Å². The minimum absolute atomic E-state index is 0.00153. The summed E-state index contributed by atoms with van der Waals surface area (Å²) < 4.78 is 6.65. The minimum atomic E-state index is -0.672. The number of rotatable bonds is 9. The number of aromatic amines is 1. The minimum Gasteiger partial charge on any atom is -0.467 e. The Hall–Kier alpha value is -2.77. The van der Waals surface area contributed by atoms with Gasteiger partial charge >= 0.3 is 5.69 Å². The first-order chi connectivity index (χ1) is 12.8. The Morgan fingerprint density at radius 3 is 2.70 bits per heavy atom. The lowest BCUT2D eigenvalue weighted by Crippen LogP contribution is -2.41. The maximum Gasteiger partial charge on any atom is 0.330 e.